The molecule has 0 saturated carbocycles. The summed E-state index contributed by atoms with van der Waals surface area (Å²) >= 11 is 11.9. The van der Waals surface area contributed by atoms with E-state index in [9.17, 15) is 18.4 Å². The Kier molecular flexibility index (Phi) is 7.76. The van der Waals surface area contributed by atoms with Crippen molar-refractivity contribution in [2.75, 3.05) is 19.8 Å². The zero-order valence-electron chi connectivity index (χ0n) is 16.6. The van der Waals surface area contributed by atoms with Gasteiger partial charge in [-0.1, -0.05) is 29.8 Å². The van der Waals surface area contributed by atoms with E-state index in [1.165, 1.54) is 18.2 Å². The highest BCUT2D eigenvalue weighted by Gasteiger charge is 2.28. The summed E-state index contributed by atoms with van der Waals surface area (Å²) in [6.45, 7) is 3.49. The maximum atomic E-state index is 13.1. The van der Waals surface area contributed by atoms with Crippen molar-refractivity contribution in [3.8, 4) is 17.2 Å². The van der Waals surface area contributed by atoms with Gasteiger partial charge in [0.25, 0.3) is 11.8 Å². The van der Waals surface area contributed by atoms with Crippen molar-refractivity contribution in [2.24, 2.45) is 0 Å². The standard InChI is InChI=1S/C21H18Cl2F2N2O5/c1-11(4-5-26-20(28)10-30-12-2-3-15(24)16(25)6-12)27-21(29)19-9-31-17-7-13(22)14(23)8-18(17)32-19/h2-3,6-8,19H,1,4-5,9-10H2,(H,26,28)(H,27,29). The highest BCUT2D eigenvalue weighted by atomic mass is 35.5. The largest absolute Gasteiger partial charge is 0.485 e. The van der Waals surface area contributed by atoms with Crippen molar-refractivity contribution in [1.82, 2.24) is 10.6 Å². The Bertz CT molecular complexity index is 1050. The zero-order chi connectivity index (χ0) is 23.3. The average molecular weight is 487 g/mol. The SMILES string of the molecule is C=C(CCNC(=O)COc1ccc(F)c(F)c1)NC(=O)C1COc2cc(Cl)c(Cl)cc2O1. The summed E-state index contributed by atoms with van der Waals surface area (Å²) in [7, 11) is 0. The van der Waals surface area contributed by atoms with E-state index in [2.05, 4.69) is 17.2 Å². The molecule has 1 aliphatic heterocycles. The van der Waals surface area contributed by atoms with E-state index in [1.54, 1.807) is 0 Å². The molecule has 170 valence electrons. The number of ether oxygens (including phenoxy) is 3. The van der Waals surface area contributed by atoms with E-state index in [0.717, 1.165) is 12.1 Å². The highest BCUT2D eigenvalue weighted by Crippen LogP contribution is 2.38. The maximum Gasteiger partial charge on any atom is 0.268 e. The molecule has 0 bridgehead atoms. The Balaban J connectivity index is 1.38. The van der Waals surface area contributed by atoms with E-state index >= 15 is 0 Å². The average Bonchev–Trinajstić information content (AvgIpc) is 2.75. The number of hydrogen-bond donors (Lipinski definition) is 2. The summed E-state index contributed by atoms with van der Waals surface area (Å²) < 4.78 is 42.2. The number of rotatable bonds is 8. The molecular weight excluding hydrogens is 469 g/mol. The Hall–Kier alpha value is -3.04. The van der Waals surface area contributed by atoms with Crippen LogP contribution in [0.25, 0.3) is 0 Å². The van der Waals surface area contributed by atoms with E-state index in [4.69, 9.17) is 37.4 Å². The predicted octanol–water partition coefficient (Wildman–Crippen LogP) is 3.63. The minimum absolute atomic E-state index is 0.0237. The Morgan fingerprint density at radius 2 is 1.84 bits per heavy atom. The fourth-order valence-corrected chi connectivity index (χ4v) is 2.94. The van der Waals surface area contributed by atoms with Gasteiger partial charge in [-0.25, -0.2) is 8.78 Å². The number of halogens is 4. The lowest BCUT2D eigenvalue weighted by Gasteiger charge is -2.26. The van der Waals surface area contributed by atoms with Crippen molar-refractivity contribution in [3.05, 3.63) is 64.3 Å². The minimum Gasteiger partial charge on any atom is -0.485 e. The summed E-state index contributed by atoms with van der Waals surface area (Å²) in [5.74, 6) is -2.33. The molecule has 7 nitrogen and oxygen atoms in total. The number of nitrogens with one attached hydrogen (secondary N) is 2. The molecule has 1 atom stereocenters. The van der Waals surface area contributed by atoms with Crippen LogP contribution >= 0.6 is 23.2 Å². The molecule has 0 radical (unpaired) electrons. The number of hydrogen-bond acceptors (Lipinski definition) is 5. The van der Waals surface area contributed by atoms with Crippen molar-refractivity contribution in [2.45, 2.75) is 12.5 Å². The van der Waals surface area contributed by atoms with Crippen molar-refractivity contribution in [3.63, 3.8) is 0 Å². The molecule has 2 aromatic rings. The lowest BCUT2D eigenvalue weighted by Crippen LogP contribution is -2.43. The summed E-state index contributed by atoms with van der Waals surface area (Å²) in [4.78, 5) is 24.2. The van der Waals surface area contributed by atoms with Gasteiger partial charge in [0.2, 0.25) is 6.10 Å². The third-order valence-corrected chi connectivity index (χ3v) is 4.97. The van der Waals surface area contributed by atoms with Gasteiger partial charge in [0.15, 0.2) is 29.7 Å². The molecule has 3 rings (SSSR count). The van der Waals surface area contributed by atoms with Gasteiger partial charge in [0.1, 0.15) is 12.4 Å². The predicted molar refractivity (Wildman–Crippen MR) is 113 cm³/mol. The lowest BCUT2D eigenvalue weighted by atomic mass is 10.2. The third-order valence-electron chi connectivity index (χ3n) is 4.25. The number of benzene rings is 2. The van der Waals surface area contributed by atoms with Crippen molar-refractivity contribution < 1.29 is 32.6 Å². The quantitative estimate of drug-likeness (QED) is 0.594. The first-order valence-electron chi connectivity index (χ1n) is 9.34. The van der Waals surface area contributed by atoms with E-state index in [0.29, 0.717) is 22.2 Å². The second-order valence-corrected chi connectivity index (χ2v) is 7.50. The molecule has 1 aliphatic rings. The Morgan fingerprint density at radius 1 is 1.12 bits per heavy atom. The second kappa shape index (κ2) is 10.5. The second-order valence-electron chi connectivity index (χ2n) is 6.69. The van der Waals surface area contributed by atoms with Crippen molar-refractivity contribution >= 4 is 35.0 Å². The monoisotopic (exact) mass is 486 g/mol. The summed E-state index contributed by atoms with van der Waals surface area (Å²) in [6, 6.07) is 5.92. The first-order valence-corrected chi connectivity index (χ1v) is 10.1. The van der Waals surface area contributed by atoms with Gasteiger partial charge in [-0.15, -0.1) is 0 Å². The molecule has 2 aromatic carbocycles. The molecule has 0 spiro atoms. The van der Waals surface area contributed by atoms with Crippen LogP contribution in [0.3, 0.4) is 0 Å². The summed E-state index contributed by atoms with van der Waals surface area (Å²) in [5.41, 5.74) is 0.348. The van der Waals surface area contributed by atoms with Gasteiger partial charge in [-0.05, 0) is 12.1 Å². The molecule has 0 aromatic heterocycles. The van der Waals surface area contributed by atoms with Gasteiger partial charge >= 0.3 is 0 Å². The Labute approximate surface area is 192 Å². The molecule has 0 fully saturated rings. The smallest absolute Gasteiger partial charge is 0.268 e. The number of fused-ring (bicyclic) bond motifs is 1. The molecule has 0 aliphatic carbocycles. The third kappa shape index (κ3) is 6.24. The van der Waals surface area contributed by atoms with E-state index in [-0.39, 0.29) is 37.0 Å². The van der Waals surface area contributed by atoms with Gasteiger partial charge < -0.3 is 24.8 Å². The fraction of sp³-hybridized carbons (Fsp3) is 0.238. The maximum absolute atomic E-state index is 13.1. The number of carbonyl (C=O) groups excluding carboxylic acids is 2. The molecule has 11 heteroatoms. The summed E-state index contributed by atoms with van der Waals surface area (Å²) in [5, 5.41) is 5.73. The first-order chi connectivity index (χ1) is 15.2. The highest BCUT2D eigenvalue weighted by molar-refractivity contribution is 6.42. The number of amides is 2. The van der Waals surface area contributed by atoms with E-state index < -0.39 is 29.6 Å². The van der Waals surface area contributed by atoms with E-state index in [1.807, 2.05) is 0 Å². The molecule has 1 heterocycles. The van der Waals surface area contributed by atoms with Crippen LogP contribution in [0.2, 0.25) is 10.0 Å². The normalized spacial score (nSPS) is 14.4. The minimum atomic E-state index is -1.07. The molecular formula is C21H18Cl2F2N2O5. The van der Waals surface area contributed by atoms with Crippen LogP contribution in [-0.2, 0) is 9.59 Å². The first kappa shape index (κ1) is 23.6. The molecule has 2 N–H and O–H groups in total. The molecule has 1 unspecified atom stereocenters. The van der Waals surface area contributed by atoms with Crippen LogP contribution in [0.15, 0.2) is 42.6 Å². The Morgan fingerprint density at radius 3 is 2.56 bits per heavy atom. The van der Waals surface area contributed by atoms with Crippen LogP contribution in [0.5, 0.6) is 17.2 Å². The van der Waals surface area contributed by atoms with Crippen LogP contribution in [0.4, 0.5) is 8.78 Å². The lowest BCUT2D eigenvalue weighted by molar-refractivity contribution is -0.129. The van der Waals surface area contributed by atoms with Gasteiger partial charge in [-0.3, -0.25) is 9.59 Å². The van der Waals surface area contributed by atoms with Gasteiger partial charge in [-0.2, -0.15) is 0 Å². The number of carbonyl (C=O) groups is 2. The van der Waals surface area contributed by atoms with Crippen LogP contribution in [0.1, 0.15) is 6.42 Å². The molecule has 2 amide bonds. The fourth-order valence-electron chi connectivity index (χ4n) is 2.63. The van der Waals surface area contributed by atoms with Gasteiger partial charge in [0.05, 0.1) is 10.0 Å². The molecule has 0 saturated heterocycles. The van der Waals surface area contributed by atoms with Crippen molar-refractivity contribution in [1.29, 1.82) is 0 Å². The van der Waals surface area contributed by atoms with Crippen LogP contribution < -0.4 is 24.8 Å². The molecule has 32 heavy (non-hydrogen) atoms. The van der Waals surface area contributed by atoms with Crippen LogP contribution in [-0.4, -0.2) is 37.7 Å². The topological polar surface area (TPSA) is 85.9 Å². The summed E-state index contributed by atoms with van der Waals surface area (Å²) in [6.07, 6.45) is -0.676. The van der Waals surface area contributed by atoms with Gasteiger partial charge in [0, 0.05) is 36.9 Å². The van der Waals surface area contributed by atoms with Crippen LogP contribution in [0, 0.1) is 11.6 Å². The zero-order valence-corrected chi connectivity index (χ0v) is 18.1.